The molecular weight excluding hydrogens is 300 g/mol. The molecule has 20 heavy (non-hydrogen) atoms. The van der Waals surface area contributed by atoms with Gasteiger partial charge in [-0.1, -0.05) is 11.6 Å². The number of H-pyrrole nitrogens is 1. The predicted molar refractivity (Wildman–Crippen MR) is 77.8 cm³/mol. The van der Waals surface area contributed by atoms with E-state index in [-0.39, 0.29) is 23.5 Å². The Kier molecular flexibility index (Phi) is 3.22. The Morgan fingerprint density at radius 3 is 2.85 bits per heavy atom. The van der Waals surface area contributed by atoms with Gasteiger partial charge in [-0.05, 0) is 30.7 Å². The predicted octanol–water partition coefficient (Wildman–Crippen LogP) is 1.74. The summed E-state index contributed by atoms with van der Waals surface area (Å²) in [6.07, 6.45) is 0.472. The monoisotopic (exact) mass is 312 g/mol. The van der Waals surface area contributed by atoms with Crippen molar-refractivity contribution in [3.05, 3.63) is 35.0 Å². The van der Waals surface area contributed by atoms with Crippen LogP contribution in [0.15, 0.2) is 24.3 Å². The van der Waals surface area contributed by atoms with Crippen LogP contribution in [0, 0.1) is 0 Å². The number of halogens is 1. The van der Waals surface area contributed by atoms with Crippen LogP contribution in [0.3, 0.4) is 0 Å². The van der Waals surface area contributed by atoms with Gasteiger partial charge in [-0.25, -0.2) is 8.42 Å². The van der Waals surface area contributed by atoms with Gasteiger partial charge in [0.1, 0.15) is 5.69 Å². The van der Waals surface area contributed by atoms with Gasteiger partial charge in [0.25, 0.3) is 5.91 Å². The molecule has 1 aliphatic heterocycles. The second kappa shape index (κ2) is 4.79. The summed E-state index contributed by atoms with van der Waals surface area (Å²) in [6, 6.07) is 6.71. The standard InChI is InChI=1S/C13H13ClN2O3S/c14-9-1-2-11-8(5-9)6-12(16-11)13(17)15-10-3-4-20(18,19)7-10/h1-2,5-6,10,16H,3-4,7H2,(H,15,17). The number of benzene rings is 1. The minimum absolute atomic E-state index is 0.0186. The van der Waals surface area contributed by atoms with Crippen LogP contribution in [0.2, 0.25) is 5.02 Å². The van der Waals surface area contributed by atoms with E-state index in [1.165, 1.54) is 0 Å². The number of amides is 1. The van der Waals surface area contributed by atoms with E-state index in [0.29, 0.717) is 17.1 Å². The largest absolute Gasteiger partial charge is 0.351 e. The molecule has 0 bridgehead atoms. The Labute approximate surface area is 121 Å². The second-order valence-electron chi connectivity index (χ2n) is 4.99. The van der Waals surface area contributed by atoms with E-state index in [1.54, 1.807) is 24.3 Å². The van der Waals surface area contributed by atoms with Crippen molar-refractivity contribution >= 4 is 38.2 Å². The zero-order valence-electron chi connectivity index (χ0n) is 10.5. The van der Waals surface area contributed by atoms with Crippen LogP contribution in [-0.2, 0) is 9.84 Å². The molecule has 1 fully saturated rings. The Hall–Kier alpha value is -1.53. The first kappa shape index (κ1) is 13.5. The maximum atomic E-state index is 12.1. The Bertz CT molecular complexity index is 782. The van der Waals surface area contributed by atoms with Crippen molar-refractivity contribution < 1.29 is 13.2 Å². The van der Waals surface area contributed by atoms with Crippen molar-refractivity contribution in [3.8, 4) is 0 Å². The maximum absolute atomic E-state index is 12.1. The number of nitrogens with one attached hydrogen (secondary N) is 2. The molecule has 1 aromatic carbocycles. The lowest BCUT2D eigenvalue weighted by atomic mass is 10.2. The summed E-state index contributed by atoms with van der Waals surface area (Å²) in [5, 5.41) is 4.19. The Morgan fingerprint density at radius 2 is 2.15 bits per heavy atom. The first-order valence-electron chi connectivity index (χ1n) is 6.22. The maximum Gasteiger partial charge on any atom is 0.267 e. The molecule has 106 valence electrons. The number of sulfone groups is 1. The molecule has 2 N–H and O–H groups in total. The Balaban J connectivity index is 1.79. The summed E-state index contributed by atoms with van der Waals surface area (Å²) < 4.78 is 22.7. The van der Waals surface area contributed by atoms with Crippen LogP contribution in [0.25, 0.3) is 10.9 Å². The fourth-order valence-corrected chi connectivity index (χ4v) is 4.25. The van der Waals surface area contributed by atoms with Crippen LogP contribution in [0.5, 0.6) is 0 Å². The van der Waals surface area contributed by atoms with Crippen LogP contribution in [0.1, 0.15) is 16.9 Å². The van der Waals surface area contributed by atoms with Gasteiger partial charge in [0.15, 0.2) is 9.84 Å². The summed E-state index contributed by atoms with van der Waals surface area (Å²) in [5.41, 5.74) is 1.23. The van der Waals surface area contributed by atoms with E-state index >= 15 is 0 Å². The van der Waals surface area contributed by atoms with Crippen LogP contribution >= 0.6 is 11.6 Å². The summed E-state index contributed by atoms with van der Waals surface area (Å²) >= 11 is 5.90. The highest BCUT2D eigenvalue weighted by atomic mass is 35.5. The van der Waals surface area contributed by atoms with Gasteiger partial charge >= 0.3 is 0 Å². The van der Waals surface area contributed by atoms with Crippen molar-refractivity contribution in [3.63, 3.8) is 0 Å². The first-order chi connectivity index (χ1) is 9.43. The Morgan fingerprint density at radius 1 is 1.35 bits per heavy atom. The van der Waals surface area contributed by atoms with E-state index in [0.717, 1.165) is 10.9 Å². The summed E-state index contributed by atoms with van der Waals surface area (Å²) in [5.74, 6) is -0.134. The van der Waals surface area contributed by atoms with Crippen LogP contribution < -0.4 is 5.32 Å². The highest BCUT2D eigenvalue weighted by Gasteiger charge is 2.29. The van der Waals surface area contributed by atoms with Crippen molar-refractivity contribution in [2.75, 3.05) is 11.5 Å². The average Bonchev–Trinajstić information content (AvgIpc) is 2.92. The highest BCUT2D eigenvalue weighted by Crippen LogP contribution is 2.20. The number of carbonyl (C=O) groups excluding carboxylic acids is 1. The number of fused-ring (bicyclic) bond motifs is 1. The normalized spacial score (nSPS) is 21.1. The van der Waals surface area contributed by atoms with Crippen molar-refractivity contribution in [2.45, 2.75) is 12.5 Å². The number of carbonyl (C=O) groups is 1. The number of hydrogen-bond acceptors (Lipinski definition) is 3. The number of aromatic nitrogens is 1. The average molecular weight is 313 g/mol. The fraction of sp³-hybridized carbons (Fsp3) is 0.308. The lowest BCUT2D eigenvalue weighted by Crippen LogP contribution is -2.35. The van der Waals surface area contributed by atoms with E-state index in [4.69, 9.17) is 11.6 Å². The van der Waals surface area contributed by atoms with Gasteiger partial charge in [0.2, 0.25) is 0 Å². The van der Waals surface area contributed by atoms with Crippen molar-refractivity contribution in [1.29, 1.82) is 0 Å². The van der Waals surface area contributed by atoms with Gasteiger partial charge in [-0.15, -0.1) is 0 Å². The summed E-state index contributed by atoms with van der Waals surface area (Å²) in [7, 11) is -3.00. The summed E-state index contributed by atoms with van der Waals surface area (Å²) in [4.78, 5) is 15.1. The molecule has 0 aliphatic carbocycles. The molecule has 0 radical (unpaired) electrons. The van der Waals surface area contributed by atoms with E-state index in [2.05, 4.69) is 10.3 Å². The quantitative estimate of drug-likeness (QED) is 0.886. The molecule has 2 aromatic rings. The smallest absolute Gasteiger partial charge is 0.267 e. The molecule has 5 nitrogen and oxygen atoms in total. The molecule has 7 heteroatoms. The molecule has 3 rings (SSSR count). The van der Waals surface area contributed by atoms with Gasteiger partial charge in [-0.3, -0.25) is 4.79 Å². The lowest BCUT2D eigenvalue weighted by Gasteiger charge is -2.09. The molecule has 1 atom stereocenters. The second-order valence-corrected chi connectivity index (χ2v) is 7.65. The molecule has 1 saturated heterocycles. The number of aromatic amines is 1. The SMILES string of the molecule is O=C(NC1CCS(=O)(=O)C1)c1cc2cc(Cl)ccc2[nH]1. The molecule has 1 aliphatic rings. The van der Waals surface area contributed by atoms with Crippen molar-refractivity contribution in [2.24, 2.45) is 0 Å². The topological polar surface area (TPSA) is 79.0 Å². The molecule has 0 spiro atoms. The van der Waals surface area contributed by atoms with E-state index < -0.39 is 9.84 Å². The first-order valence-corrected chi connectivity index (χ1v) is 8.42. The minimum atomic E-state index is -3.00. The third-order valence-corrected chi connectivity index (χ3v) is 5.40. The number of hydrogen-bond donors (Lipinski definition) is 2. The number of rotatable bonds is 2. The fourth-order valence-electron chi connectivity index (χ4n) is 2.40. The van der Waals surface area contributed by atoms with Gasteiger partial charge < -0.3 is 10.3 Å². The minimum Gasteiger partial charge on any atom is -0.351 e. The lowest BCUT2D eigenvalue weighted by molar-refractivity contribution is 0.0937. The summed E-state index contributed by atoms with van der Waals surface area (Å²) in [6.45, 7) is 0. The molecule has 1 amide bonds. The highest BCUT2D eigenvalue weighted by molar-refractivity contribution is 7.91. The molecular formula is C13H13ClN2O3S. The van der Waals surface area contributed by atoms with Crippen LogP contribution in [0.4, 0.5) is 0 Å². The van der Waals surface area contributed by atoms with Crippen LogP contribution in [-0.4, -0.2) is 36.9 Å². The van der Waals surface area contributed by atoms with E-state index in [1.807, 2.05) is 0 Å². The van der Waals surface area contributed by atoms with E-state index in [9.17, 15) is 13.2 Å². The van der Waals surface area contributed by atoms with Crippen molar-refractivity contribution in [1.82, 2.24) is 10.3 Å². The molecule has 1 aromatic heterocycles. The van der Waals surface area contributed by atoms with Gasteiger partial charge in [-0.2, -0.15) is 0 Å². The zero-order chi connectivity index (χ0) is 14.3. The molecule has 0 saturated carbocycles. The van der Waals surface area contributed by atoms with Gasteiger partial charge in [0.05, 0.1) is 11.5 Å². The van der Waals surface area contributed by atoms with Gasteiger partial charge in [0, 0.05) is 22.0 Å². The third kappa shape index (κ3) is 2.66. The zero-order valence-corrected chi connectivity index (χ0v) is 12.1. The molecule has 1 unspecified atom stereocenters. The molecule has 2 heterocycles. The third-order valence-electron chi connectivity index (χ3n) is 3.40.